The lowest BCUT2D eigenvalue weighted by Gasteiger charge is -2.34. The van der Waals surface area contributed by atoms with Gasteiger partial charge in [0.1, 0.15) is 16.3 Å². The molecular weight excluding hydrogens is 406 g/mol. The highest BCUT2D eigenvalue weighted by Crippen LogP contribution is 2.37. The number of rotatable bonds is 3. The summed E-state index contributed by atoms with van der Waals surface area (Å²) in [6, 6.07) is 7.58. The van der Waals surface area contributed by atoms with E-state index in [1.54, 1.807) is 5.38 Å². The zero-order valence-electron chi connectivity index (χ0n) is 16.3. The predicted molar refractivity (Wildman–Crippen MR) is 115 cm³/mol. The maximum atomic E-state index is 13.3. The number of amidine groups is 1. The maximum Gasteiger partial charge on any atom is 0.253 e. The summed E-state index contributed by atoms with van der Waals surface area (Å²) in [5.41, 5.74) is -0.782. The number of sulfonamides is 1. The fourth-order valence-electron chi connectivity index (χ4n) is 4.84. The number of carbonyl (C=O) groups is 1. The molecule has 1 aromatic heterocycles. The van der Waals surface area contributed by atoms with Crippen molar-refractivity contribution in [3.05, 3.63) is 29.6 Å². The van der Waals surface area contributed by atoms with Gasteiger partial charge < -0.3 is 5.32 Å². The van der Waals surface area contributed by atoms with Gasteiger partial charge >= 0.3 is 0 Å². The molecule has 0 atom stereocenters. The number of fused-ring (bicyclic) bond motifs is 1. The number of carbonyl (C=O) groups excluding carboxylic acids is 1. The topological polar surface area (TPSA) is 78.8 Å². The van der Waals surface area contributed by atoms with Crippen LogP contribution in [-0.2, 0) is 14.8 Å². The molecule has 8 heteroatoms. The second-order valence-corrected chi connectivity index (χ2v) is 11.1. The van der Waals surface area contributed by atoms with E-state index in [-0.39, 0.29) is 5.91 Å². The molecule has 2 aromatic rings. The fourth-order valence-corrected chi connectivity index (χ4v) is 7.75. The van der Waals surface area contributed by atoms with Gasteiger partial charge in [-0.25, -0.2) is 8.42 Å². The minimum absolute atomic E-state index is 0.0453. The Morgan fingerprint density at radius 3 is 2.59 bits per heavy atom. The summed E-state index contributed by atoms with van der Waals surface area (Å²) in [6.07, 6.45) is 6.68. The molecule has 29 heavy (non-hydrogen) atoms. The van der Waals surface area contributed by atoms with Crippen molar-refractivity contribution < 1.29 is 13.2 Å². The van der Waals surface area contributed by atoms with Crippen molar-refractivity contribution >= 4 is 43.2 Å². The Kier molecular flexibility index (Phi) is 4.75. The molecule has 1 N–H and O–H groups in total. The summed E-state index contributed by atoms with van der Waals surface area (Å²) in [4.78, 5) is 18.0. The van der Waals surface area contributed by atoms with Gasteiger partial charge in [-0.3, -0.25) is 9.79 Å². The van der Waals surface area contributed by atoms with Crippen molar-refractivity contribution in [3.63, 3.8) is 0 Å². The molecule has 1 amide bonds. The summed E-state index contributed by atoms with van der Waals surface area (Å²) in [7, 11) is -3.58. The highest BCUT2D eigenvalue weighted by Gasteiger charge is 2.48. The number of benzene rings is 1. The van der Waals surface area contributed by atoms with E-state index in [0.717, 1.165) is 28.8 Å². The Hall–Kier alpha value is -1.77. The molecule has 1 saturated carbocycles. The van der Waals surface area contributed by atoms with E-state index < -0.39 is 15.6 Å². The first-order valence-electron chi connectivity index (χ1n) is 10.4. The SMILES string of the molecule is O=C1NC(C2CCCCC2)=NC12CCN(S(=O)(=O)c1csc3ccccc13)CC2. The number of thiophene rings is 1. The van der Waals surface area contributed by atoms with Gasteiger partial charge in [0.05, 0.1) is 0 Å². The van der Waals surface area contributed by atoms with E-state index in [1.165, 1.54) is 34.9 Å². The molecule has 2 aliphatic heterocycles. The van der Waals surface area contributed by atoms with Gasteiger partial charge in [0, 0.05) is 34.5 Å². The molecule has 1 saturated heterocycles. The van der Waals surface area contributed by atoms with Gasteiger partial charge in [-0.05, 0) is 31.7 Å². The number of amides is 1. The van der Waals surface area contributed by atoms with Gasteiger partial charge in [-0.2, -0.15) is 4.31 Å². The van der Waals surface area contributed by atoms with E-state index >= 15 is 0 Å². The van der Waals surface area contributed by atoms with Crippen LogP contribution in [0.3, 0.4) is 0 Å². The molecule has 2 fully saturated rings. The molecule has 6 nitrogen and oxygen atoms in total. The van der Waals surface area contributed by atoms with E-state index in [1.807, 2.05) is 24.3 Å². The molecule has 0 unspecified atom stereocenters. The largest absolute Gasteiger partial charge is 0.312 e. The zero-order chi connectivity index (χ0) is 20.1. The number of nitrogens with zero attached hydrogens (tertiary/aromatic N) is 2. The average molecular weight is 432 g/mol. The van der Waals surface area contributed by atoms with Gasteiger partial charge in [-0.15, -0.1) is 11.3 Å². The van der Waals surface area contributed by atoms with Crippen molar-refractivity contribution in [2.45, 2.75) is 55.4 Å². The van der Waals surface area contributed by atoms with Crippen LogP contribution in [0.15, 0.2) is 39.5 Å². The van der Waals surface area contributed by atoms with E-state index in [4.69, 9.17) is 4.99 Å². The Labute approximate surface area is 175 Å². The normalized spacial score (nSPS) is 23.4. The number of piperidine rings is 1. The summed E-state index contributed by atoms with van der Waals surface area (Å²) in [5, 5.41) is 5.53. The molecule has 0 radical (unpaired) electrons. The third-order valence-corrected chi connectivity index (χ3v) is 9.65. The first-order valence-corrected chi connectivity index (χ1v) is 12.7. The Morgan fingerprint density at radius 1 is 1.10 bits per heavy atom. The van der Waals surface area contributed by atoms with Crippen LogP contribution in [0.5, 0.6) is 0 Å². The van der Waals surface area contributed by atoms with Crippen molar-refractivity contribution in [1.29, 1.82) is 0 Å². The van der Waals surface area contributed by atoms with Gasteiger partial charge in [-0.1, -0.05) is 37.5 Å². The molecule has 3 aliphatic rings. The van der Waals surface area contributed by atoms with E-state index in [0.29, 0.717) is 36.7 Å². The van der Waals surface area contributed by atoms with Crippen molar-refractivity contribution in [1.82, 2.24) is 9.62 Å². The smallest absolute Gasteiger partial charge is 0.253 e. The summed E-state index contributed by atoms with van der Waals surface area (Å²) >= 11 is 1.45. The van der Waals surface area contributed by atoms with Gasteiger partial charge in [0.25, 0.3) is 5.91 Å². The molecule has 1 spiro atoms. The van der Waals surface area contributed by atoms with Crippen molar-refractivity contribution in [2.24, 2.45) is 10.9 Å². The molecule has 3 heterocycles. The quantitative estimate of drug-likeness (QED) is 0.807. The first-order chi connectivity index (χ1) is 14.0. The van der Waals surface area contributed by atoms with Gasteiger partial charge in [0.15, 0.2) is 0 Å². The maximum absolute atomic E-state index is 13.3. The molecule has 1 aliphatic carbocycles. The van der Waals surface area contributed by atoms with Gasteiger partial charge in [0.2, 0.25) is 10.0 Å². The third-order valence-electron chi connectivity index (χ3n) is 6.60. The number of aliphatic imine (C=N–C) groups is 1. The first kappa shape index (κ1) is 19.2. The molecule has 154 valence electrons. The lowest BCUT2D eigenvalue weighted by molar-refractivity contribution is -0.125. The molecule has 1 aromatic carbocycles. The fraction of sp³-hybridized carbons (Fsp3) is 0.524. The number of nitrogens with one attached hydrogen (secondary N) is 1. The number of hydrogen-bond donors (Lipinski definition) is 1. The molecule has 0 bridgehead atoms. The van der Waals surface area contributed by atoms with Crippen LogP contribution in [0.2, 0.25) is 0 Å². The lowest BCUT2D eigenvalue weighted by Crippen LogP contribution is -2.50. The highest BCUT2D eigenvalue weighted by molar-refractivity contribution is 7.89. The standard InChI is InChI=1S/C21H25N3O3S2/c25-20-21(23-19(22-20)15-6-2-1-3-7-15)10-12-24(13-11-21)29(26,27)18-14-28-17-9-5-4-8-16(17)18/h4-5,8-9,14-15H,1-3,6-7,10-13H2,(H,22,23,25). The average Bonchev–Trinajstić information content (AvgIpc) is 3.31. The highest BCUT2D eigenvalue weighted by atomic mass is 32.2. The van der Waals surface area contributed by atoms with Crippen molar-refractivity contribution in [2.75, 3.05) is 13.1 Å². The van der Waals surface area contributed by atoms with Crippen molar-refractivity contribution in [3.8, 4) is 0 Å². The van der Waals surface area contributed by atoms with Crippen LogP contribution >= 0.6 is 11.3 Å². The Bertz CT molecular complexity index is 1080. The Morgan fingerprint density at radius 2 is 1.83 bits per heavy atom. The minimum atomic E-state index is -3.58. The van der Waals surface area contributed by atoms with Crippen LogP contribution < -0.4 is 5.32 Å². The lowest BCUT2D eigenvalue weighted by atomic mass is 9.88. The van der Waals surface area contributed by atoms with Crippen LogP contribution in [-0.4, -0.2) is 43.1 Å². The second-order valence-electron chi connectivity index (χ2n) is 8.32. The third kappa shape index (κ3) is 3.21. The second kappa shape index (κ2) is 7.18. The predicted octanol–water partition coefficient (Wildman–Crippen LogP) is 3.53. The van der Waals surface area contributed by atoms with E-state index in [9.17, 15) is 13.2 Å². The minimum Gasteiger partial charge on any atom is -0.312 e. The Balaban J connectivity index is 1.36. The monoisotopic (exact) mass is 431 g/mol. The summed E-state index contributed by atoms with van der Waals surface area (Å²) in [5.74, 6) is 1.15. The number of hydrogen-bond acceptors (Lipinski definition) is 5. The summed E-state index contributed by atoms with van der Waals surface area (Å²) < 4.78 is 29.0. The molecular formula is C21H25N3O3S2. The summed E-state index contributed by atoms with van der Waals surface area (Å²) in [6.45, 7) is 0.642. The zero-order valence-corrected chi connectivity index (χ0v) is 17.9. The van der Waals surface area contributed by atoms with Crippen LogP contribution in [0.4, 0.5) is 0 Å². The van der Waals surface area contributed by atoms with E-state index in [2.05, 4.69) is 5.32 Å². The molecule has 5 rings (SSSR count). The van der Waals surface area contributed by atoms with Crippen LogP contribution in [0.25, 0.3) is 10.1 Å². The van der Waals surface area contributed by atoms with Crippen LogP contribution in [0.1, 0.15) is 44.9 Å². The van der Waals surface area contributed by atoms with Crippen LogP contribution in [0, 0.1) is 5.92 Å².